The number of rotatable bonds is 11. The largest absolute Gasteiger partial charge is 0.497 e. The van der Waals surface area contributed by atoms with E-state index in [4.69, 9.17) is 9.47 Å². The highest BCUT2D eigenvalue weighted by molar-refractivity contribution is 6.33. The van der Waals surface area contributed by atoms with Crippen molar-refractivity contribution in [2.75, 3.05) is 20.8 Å². The third kappa shape index (κ3) is 4.85. The number of unbranched alkanes of at least 4 members (excludes halogenated alkanes) is 5. The number of benzene rings is 5. The van der Waals surface area contributed by atoms with Crippen LogP contribution >= 0.6 is 0 Å². The van der Waals surface area contributed by atoms with Crippen molar-refractivity contribution >= 4 is 22.6 Å². The van der Waals surface area contributed by atoms with E-state index in [9.17, 15) is 14.9 Å². The van der Waals surface area contributed by atoms with Gasteiger partial charge in [0.05, 0.1) is 37.0 Å². The molecule has 1 aliphatic carbocycles. The van der Waals surface area contributed by atoms with Gasteiger partial charge in [0.2, 0.25) is 0 Å². The Morgan fingerprint density at radius 1 is 0.617 bits per heavy atom. The second-order valence-electron chi connectivity index (χ2n) is 12.2. The van der Waals surface area contributed by atoms with Crippen molar-refractivity contribution in [3.63, 3.8) is 0 Å². The van der Waals surface area contributed by atoms with Crippen molar-refractivity contribution in [2.24, 2.45) is 0 Å². The number of nitriles is 1. The number of fused-ring (bicyclic) bond motifs is 4. The van der Waals surface area contributed by atoms with Crippen LogP contribution < -0.4 is 9.47 Å². The van der Waals surface area contributed by atoms with Crippen LogP contribution in [0, 0.1) is 11.3 Å². The normalized spacial score (nSPS) is 12.8. The summed E-state index contributed by atoms with van der Waals surface area (Å²) in [5, 5.41) is 11.8. The Morgan fingerprint density at radius 3 is 1.68 bits per heavy atom. The maximum absolute atomic E-state index is 14.6. The first-order valence-electron chi connectivity index (χ1n) is 16.4. The Hall–Kier alpha value is -5.41. The zero-order chi connectivity index (χ0) is 32.7. The molecule has 0 N–H and O–H groups in total. The van der Waals surface area contributed by atoms with E-state index in [1.165, 1.54) is 17.7 Å². The zero-order valence-electron chi connectivity index (χ0n) is 27.0. The maximum atomic E-state index is 14.6. The van der Waals surface area contributed by atoms with Gasteiger partial charge in [0, 0.05) is 23.1 Å². The monoisotopic (exact) mass is 620 g/mol. The molecule has 234 valence electrons. The first kappa shape index (κ1) is 30.3. The molecule has 0 saturated carbocycles. The van der Waals surface area contributed by atoms with Crippen molar-refractivity contribution in [1.29, 1.82) is 5.26 Å². The number of methoxy groups -OCH3 is 2. The van der Waals surface area contributed by atoms with Crippen LogP contribution in [0.3, 0.4) is 0 Å². The molecule has 7 rings (SSSR count). The second kappa shape index (κ2) is 12.4. The van der Waals surface area contributed by atoms with Gasteiger partial charge in [0.25, 0.3) is 11.8 Å². The molecule has 2 aliphatic rings. The van der Waals surface area contributed by atoms with Crippen LogP contribution in [0.2, 0.25) is 0 Å². The number of nitrogens with zero attached hydrogens (tertiary/aromatic N) is 2. The first-order chi connectivity index (χ1) is 23.0. The van der Waals surface area contributed by atoms with Crippen LogP contribution in [0.15, 0.2) is 78.9 Å². The van der Waals surface area contributed by atoms with Crippen molar-refractivity contribution in [2.45, 2.75) is 45.4 Å². The molecule has 0 bridgehead atoms. The van der Waals surface area contributed by atoms with E-state index in [-0.39, 0.29) is 11.8 Å². The predicted octanol–water partition coefficient (Wildman–Crippen LogP) is 9.67. The summed E-state index contributed by atoms with van der Waals surface area (Å²) in [6, 6.07) is 27.6. The van der Waals surface area contributed by atoms with Crippen LogP contribution in [0.4, 0.5) is 0 Å². The highest BCUT2D eigenvalue weighted by Crippen LogP contribution is 2.58. The summed E-state index contributed by atoms with van der Waals surface area (Å²) >= 11 is 0. The fourth-order valence-electron chi connectivity index (χ4n) is 7.35. The number of hydrogen-bond acceptors (Lipinski definition) is 5. The Labute approximate surface area is 275 Å². The van der Waals surface area contributed by atoms with Crippen LogP contribution in [-0.4, -0.2) is 37.5 Å². The molecule has 0 unspecified atom stereocenters. The van der Waals surface area contributed by atoms with E-state index in [2.05, 4.69) is 19.1 Å². The average molecular weight is 621 g/mol. The molecule has 1 aliphatic heterocycles. The number of hydrogen-bond donors (Lipinski definition) is 0. The van der Waals surface area contributed by atoms with Crippen LogP contribution in [-0.2, 0) is 0 Å². The molecule has 5 aromatic rings. The van der Waals surface area contributed by atoms with Crippen molar-refractivity contribution < 1.29 is 19.1 Å². The molecule has 0 spiro atoms. The lowest BCUT2D eigenvalue weighted by Crippen LogP contribution is -2.30. The van der Waals surface area contributed by atoms with Gasteiger partial charge in [-0.3, -0.25) is 14.5 Å². The summed E-state index contributed by atoms with van der Waals surface area (Å²) in [6.07, 6.45) is 6.35. The SMILES string of the molecule is CCCCCCCCN1C(=O)c2c(c(-c3ccc(OC)cc3)c3c(c2-c2ccc(OC)cc2)-c2cccc4c(C#N)ccc-3c24)C1=O. The van der Waals surface area contributed by atoms with Gasteiger partial charge in [0.15, 0.2) is 0 Å². The number of carbonyl (C=O) groups excluding carboxylic acids is 2. The molecule has 0 fully saturated rings. The smallest absolute Gasteiger partial charge is 0.262 e. The lowest BCUT2D eigenvalue weighted by molar-refractivity contribution is 0.0652. The lowest BCUT2D eigenvalue weighted by Gasteiger charge is -2.20. The minimum absolute atomic E-state index is 0.261. The molecule has 0 aromatic heterocycles. The molecule has 47 heavy (non-hydrogen) atoms. The van der Waals surface area contributed by atoms with Gasteiger partial charge in [-0.05, 0) is 75.5 Å². The van der Waals surface area contributed by atoms with Gasteiger partial charge in [-0.2, -0.15) is 5.26 Å². The molecule has 1 heterocycles. The Morgan fingerprint density at radius 2 is 1.15 bits per heavy atom. The van der Waals surface area contributed by atoms with E-state index in [1.54, 1.807) is 14.2 Å². The van der Waals surface area contributed by atoms with Gasteiger partial charge < -0.3 is 9.47 Å². The minimum Gasteiger partial charge on any atom is -0.497 e. The predicted molar refractivity (Wildman–Crippen MR) is 186 cm³/mol. The Balaban J connectivity index is 1.53. The molecular formula is C41H36N2O4. The van der Waals surface area contributed by atoms with E-state index < -0.39 is 0 Å². The van der Waals surface area contributed by atoms with E-state index in [0.29, 0.717) is 34.7 Å². The fourth-order valence-corrected chi connectivity index (χ4v) is 7.35. The average Bonchev–Trinajstić information content (AvgIpc) is 3.57. The molecule has 2 amide bonds. The Kier molecular flexibility index (Phi) is 7.99. The third-order valence-corrected chi connectivity index (χ3v) is 9.61. The van der Waals surface area contributed by atoms with Crippen molar-refractivity contribution in [3.8, 4) is 62.1 Å². The standard InChI is InChI=1S/C41H36N2O4/c1-4-5-6-7-8-9-23-43-40(44)38-33(25-13-18-28(46-2)19-14-25)36-31-12-10-11-30-27(24-42)17-22-32(35(30)31)37(36)34(39(38)41(43)45)26-15-20-29(47-3)21-16-26/h10-22H,4-9,23H2,1-3H3. The number of carbonyl (C=O) groups is 2. The lowest BCUT2D eigenvalue weighted by atomic mass is 9.81. The van der Waals surface area contributed by atoms with Gasteiger partial charge in [-0.25, -0.2) is 0 Å². The number of ether oxygens (including phenoxy) is 2. The van der Waals surface area contributed by atoms with Crippen LogP contribution in [0.1, 0.15) is 71.7 Å². The summed E-state index contributed by atoms with van der Waals surface area (Å²) in [7, 11) is 3.25. The number of amides is 2. The van der Waals surface area contributed by atoms with Crippen molar-refractivity contribution in [1.82, 2.24) is 4.90 Å². The minimum atomic E-state index is -0.261. The van der Waals surface area contributed by atoms with Gasteiger partial charge in [-0.1, -0.05) is 87.6 Å². The first-order valence-corrected chi connectivity index (χ1v) is 16.4. The summed E-state index contributed by atoms with van der Waals surface area (Å²) in [5.41, 5.74) is 8.27. The molecule has 5 aromatic carbocycles. The number of imide groups is 1. The van der Waals surface area contributed by atoms with E-state index in [0.717, 1.165) is 81.0 Å². The van der Waals surface area contributed by atoms with Crippen LogP contribution in [0.25, 0.3) is 55.3 Å². The molecular weight excluding hydrogens is 584 g/mol. The quantitative estimate of drug-likeness (QED) is 0.106. The Bertz CT molecular complexity index is 1990. The second-order valence-corrected chi connectivity index (χ2v) is 12.2. The van der Waals surface area contributed by atoms with Gasteiger partial charge in [-0.15, -0.1) is 0 Å². The van der Waals surface area contributed by atoms with Gasteiger partial charge in [0.1, 0.15) is 11.5 Å². The maximum Gasteiger partial charge on any atom is 0.262 e. The summed E-state index contributed by atoms with van der Waals surface area (Å²) in [4.78, 5) is 30.7. The third-order valence-electron chi connectivity index (χ3n) is 9.61. The summed E-state index contributed by atoms with van der Waals surface area (Å²) in [6.45, 7) is 2.57. The van der Waals surface area contributed by atoms with E-state index >= 15 is 0 Å². The van der Waals surface area contributed by atoms with Gasteiger partial charge >= 0.3 is 0 Å². The summed E-state index contributed by atoms with van der Waals surface area (Å²) in [5.74, 6) is 0.881. The van der Waals surface area contributed by atoms with Crippen molar-refractivity contribution in [3.05, 3.63) is 95.6 Å². The highest BCUT2D eigenvalue weighted by Gasteiger charge is 2.44. The molecule has 6 nitrogen and oxygen atoms in total. The summed E-state index contributed by atoms with van der Waals surface area (Å²) < 4.78 is 10.9. The molecule has 6 heteroatoms. The molecule has 0 radical (unpaired) electrons. The van der Waals surface area contributed by atoms with E-state index in [1.807, 2.05) is 72.8 Å². The highest BCUT2D eigenvalue weighted by atomic mass is 16.5. The molecule has 0 saturated heterocycles. The molecule has 0 atom stereocenters. The fraction of sp³-hybridized carbons (Fsp3) is 0.244. The topological polar surface area (TPSA) is 79.6 Å². The zero-order valence-corrected chi connectivity index (χ0v) is 27.0. The van der Waals surface area contributed by atoms with Crippen LogP contribution in [0.5, 0.6) is 11.5 Å².